The Morgan fingerprint density at radius 1 is 1.05 bits per heavy atom. The third kappa shape index (κ3) is 4.65. The molecule has 5 nitrogen and oxygen atoms in total. The third-order valence-electron chi connectivity index (χ3n) is 2.49. The summed E-state index contributed by atoms with van der Waals surface area (Å²) in [6, 6.07) is 1.32. The van der Waals surface area contributed by atoms with Gasteiger partial charge in [-0.25, -0.2) is 8.77 Å². The third-order valence-corrected chi connectivity index (χ3v) is 4.65. The molecule has 108 valence electrons. The fraction of sp³-hybridized carbons (Fsp3) is 0.667. The Hall–Kier alpha value is -0.820. The number of aromatic nitrogens is 2. The van der Waals surface area contributed by atoms with Gasteiger partial charge < -0.3 is 5.73 Å². The minimum Gasteiger partial charge on any atom is -0.384 e. The summed E-state index contributed by atoms with van der Waals surface area (Å²) in [5, 5.41) is 0. The molecule has 7 heteroatoms. The van der Waals surface area contributed by atoms with Gasteiger partial charge in [-0.3, -0.25) is 4.79 Å². The Balaban J connectivity index is 2.95. The van der Waals surface area contributed by atoms with Crippen molar-refractivity contribution in [2.45, 2.75) is 39.5 Å². The summed E-state index contributed by atoms with van der Waals surface area (Å²) in [7, 11) is 0. The molecule has 19 heavy (non-hydrogen) atoms. The van der Waals surface area contributed by atoms with Gasteiger partial charge in [-0.05, 0) is 36.7 Å². The average Bonchev–Trinajstić information content (AvgIpc) is 2.37. The maximum Gasteiger partial charge on any atom is 0.353 e. The van der Waals surface area contributed by atoms with Crippen molar-refractivity contribution in [1.29, 1.82) is 0 Å². The normalized spacial score (nSPS) is 10.8. The lowest BCUT2D eigenvalue weighted by molar-refractivity contribution is 0.878. The van der Waals surface area contributed by atoms with Gasteiger partial charge in [0, 0.05) is 17.6 Å². The van der Waals surface area contributed by atoms with Crippen molar-refractivity contribution in [3.05, 3.63) is 26.9 Å². The predicted molar refractivity (Wildman–Crippen MR) is 84.9 cm³/mol. The SMILES string of the molecule is CCCCSn1c(N)cc(=O)n(SCCCC)c1=O. The molecular weight excluding hydrogens is 282 g/mol. The van der Waals surface area contributed by atoms with Gasteiger partial charge in [-0.2, -0.15) is 3.97 Å². The van der Waals surface area contributed by atoms with Crippen LogP contribution in [-0.2, 0) is 0 Å². The van der Waals surface area contributed by atoms with E-state index < -0.39 is 0 Å². The Kier molecular flexibility index (Phi) is 7.15. The van der Waals surface area contributed by atoms with Gasteiger partial charge in [0.25, 0.3) is 5.56 Å². The summed E-state index contributed by atoms with van der Waals surface area (Å²) in [6.07, 6.45) is 4.09. The van der Waals surface area contributed by atoms with Crippen LogP contribution in [0.2, 0.25) is 0 Å². The number of hydrogen-bond donors (Lipinski definition) is 1. The van der Waals surface area contributed by atoms with Crippen LogP contribution in [0.15, 0.2) is 15.7 Å². The van der Waals surface area contributed by atoms with Crippen LogP contribution in [0.4, 0.5) is 5.82 Å². The molecule has 0 atom stereocenters. The number of hydrogen-bond acceptors (Lipinski definition) is 5. The summed E-state index contributed by atoms with van der Waals surface area (Å²) in [5.41, 5.74) is 5.07. The molecule has 0 saturated heterocycles. The Bertz CT molecular complexity index is 511. The molecule has 0 bridgehead atoms. The number of anilines is 1. The standard InChI is InChI=1S/C12H21N3O2S2/c1-3-5-7-18-14-10(13)9-11(16)15(12(14)17)19-8-6-4-2/h9H,3-8,13H2,1-2H3. The molecule has 0 fully saturated rings. The van der Waals surface area contributed by atoms with Crippen molar-refractivity contribution in [1.82, 2.24) is 7.94 Å². The molecule has 0 aliphatic carbocycles. The number of nitrogens with zero attached hydrogens (tertiary/aromatic N) is 2. The van der Waals surface area contributed by atoms with E-state index in [1.807, 2.05) is 0 Å². The van der Waals surface area contributed by atoms with Crippen LogP contribution in [0.1, 0.15) is 39.5 Å². The van der Waals surface area contributed by atoms with Gasteiger partial charge >= 0.3 is 5.69 Å². The van der Waals surface area contributed by atoms with E-state index in [9.17, 15) is 9.59 Å². The minimum absolute atomic E-state index is 0.225. The van der Waals surface area contributed by atoms with E-state index in [1.54, 1.807) is 0 Å². The van der Waals surface area contributed by atoms with Crippen molar-refractivity contribution in [2.24, 2.45) is 0 Å². The maximum atomic E-state index is 12.2. The first-order valence-corrected chi connectivity index (χ1v) is 8.41. The Labute approximate surface area is 121 Å². The topological polar surface area (TPSA) is 70.0 Å². The summed E-state index contributed by atoms with van der Waals surface area (Å²) in [5.74, 6) is 1.80. The minimum atomic E-state index is -0.341. The van der Waals surface area contributed by atoms with Crippen LogP contribution in [0.5, 0.6) is 0 Å². The summed E-state index contributed by atoms with van der Waals surface area (Å²) in [4.78, 5) is 24.0. The van der Waals surface area contributed by atoms with Crippen LogP contribution < -0.4 is 17.0 Å². The van der Waals surface area contributed by atoms with E-state index in [0.29, 0.717) is 0 Å². The molecular formula is C12H21N3O2S2. The van der Waals surface area contributed by atoms with Crippen LogP contribution >= 0.6 is 23.9 Å². The molecule has 0 unspecified atom stereocenters. The molecule has 0 amide bonds. The molecule has 0 aliphatic heterocycles. The highest BCUT2D eigenvalue weighted by atomic mass is 32.2. The average molecular weight is 303 g/mol. The van der Waals surface area contributed by atoms with Crippen LogP contribution in [0, 0.1) is 0 Å². The zero-order chi connectivity index (χ0) is 14.3. The van der Waals surface area contributed by atoms with Gasteiger partial charge in [-0.1, -0.05) is 26.7 Å². The molecule has 0 aliphatic rings. The van der Waals surface area contributed by atoms with E-state index in [0.717, 1.165) is 37.2 Å². The first-order valence-electron chi connectivity index (χ1n) is 6.53. The first-order chi connectivity index (χ1) is 9.11. The molecule has 1 aromatic heterocycles. The summed E-state index contributed by atoms with van der Waals surface area (Å²) >= 11 is 2.63. The highest BCUT2D eigenvalue weighted by Gasteiger charge is 2.10. The molecule has 0 aromatic carbocycles. The Morgan fingerprint density at radius 2 is 1.58 bits per heavy atom. The van der Waals surface area contributed by atoms with Crippen molar-refractivity contribution in [3.63, 3.8) is 0 Å². The van der Waals surface area contributed by atoms with E-state index in [4.69, 9.17) is 5.73 Å². The smallest absolute Gasteiger partial charge is 0.353 e. The lowest BCUT2D eigenvalue weighted by Crippen LogP contribution is -2.36. The second-order valence-electron chi connectivity index (χ2n) is 4.15. The Morgan fingerprint density at radius 3 is 2.11 bits per heavy atom. The number of nitrogen functional groups attached to an aromatic ring is 1. The monoisotopic (exact) mass is 303 g/mol. The van der Waals surface area contributed by atoms with E-state index in [2.05, 4.69) is 13.8 Å². The quantitative estimate of drug-likeness (QED) is 0.745. The van der Waals surface area contributed by atoms with Gasteiger partial charge in [-0.15, -0.1) is 0 Å². The number of unbranched alkanes of at least 4 members (excludes halogenated alkanes) is 2. The fourth-order valence-electron chi connectivity index (χ4n) is 1.38. The van der Waals surface area contributed by atoms with Crippen molar-refractivity contribution in [2.75, 3.05) is 17.2 Å². The molecule has 2 N–H and O–H groups in total. The molecule has 0 radical (unpaired) electrons. The predicted octanol–water partition coefficient (Wildman–Crippen LogP) is 2.18. The van der Waals surface area contributed by atoms with Crippen molar-refractivity contribution in [3.8, 4) is 0 Å². The van der Waals surface area contributed by atoms with E-state index in [1.165, 1.54) is 37.9 Å². The van der Waals surface area contributed by atoms with Crippen LogP contribution in [0.25, 0.3) is 0 Å². The zero-order valence-electron chi connectivity index (χ0n) is 11.4. The maximum absolute atomic E-state index is 12.2. The lowest BCUT2D eigenvalue weighted by Gasteiger charge is -2.10. The van der Waals surface area contributed by atoms with E-state index >= 15 is 0 Å². The highest BCUT2D eigenvalue weighted by molar-refractivity contribution is 7.98. The van der Waals surface area contributed by atoms with Gasteiger partial charge in [0.2, 0.25) is 0 Å². The van der Waals surface area contributed by atoms with Gasteiger partial charge in [0.05, 0.1) is 0 Å². The molecule has 1 heterocycles. The largest absolute Gasteiger partial charge is 0.384 e. The number of nitrogens with two attached hydrogens (primary N) is 1. The van der Waals surface area contributed by atoms with Crippen molar-refractivity contribution >= 4 is 29.7 Å². The first kappa shape index (κ1) is 16.2. The van der Waals surface area contributed by atoms with Crippen LogP contribution in [0.3, 0.4) is 0 Å². The van der Waals surface area contributed by atoms with E-state index in [-0.39, 0.29) is 17.1 Å². The fourth-order valence-corrected chi connectivity index (χ4v) is 3.40. The number of rotatable bonds is 8. The van der Waals surface area contributed by atoms with Crippen molar-refractivity contribution < 1.29 is 0 Å². The lowest BCUT2D eigenvalue weighted by atomic mass is 10.4. The van der Waals surface area contributed by atoms with Gasteiger partial charge in [0.15, 0.2) is 0 Å². The van der Waals surface area contributed by atoms with Crippen LogP contribution in [-0.4, -0.2) is 19.5 Å². The molecule has 0 saturated carbocycles. The van der Waals surface area contributed by atoms with Gasteiger partial charge in [0.1, 0.15) is 5.82 Å². The molecule has 0 spiro atoms. The highest BCUT2D eigenvalue weighted by Crippen LogP contribution is 2.11. The zero-order valence-corrected chi connectivity index (χ0v) is 13.1. The second kappa shape index (κ2) is 8.37. The molecule has 1 rings (SSSR count). The summed E-state index contributed by atoms with van der Waals surface area (Å²) < 4.78 is 2.61. The summed E-state index contributed by atoms with van der Waals surface area (Å²) in [6.45, 7) is 4.17. The molecule has 1 aromatic rings. The second-order valence-corrected chi connectivity index (χ2v) is 6.22.